The molecular formula is C23H23N3O3. The molecule has 0 spiro atoms. The molecule has 0 aliphatic rings. The molecule has 0 saturated carbocycles. The van der Waals surface area contributed by atoms with Crippen molar-refractivity contribution in [1.82, 2.24) is 9.97 Å². The summed E-state index contributed by atoms with van der Waals surface area (Å²) in [6.07, 6.45) is 3.64. The Balaban J connectivity index is 1.72. The van der Waals surface area contributed by atoms with E-state index in [1.807, 2.05) is 49.4 Å². The average Bonchev–Trinajstić information content (AvgIpc) is 2.73. The van der Waals surface area contributed by atoms with Crippen LogP contribution < -0.4 is 5.32 Å². The van der Waals surface area contributed by atoms with Gasteiger partial charge in [0.1, 0.15) is 0 Å². The van der Waals surface area contributed by atoms with E-state index in [0.29, 0.717) is 17.7 Å². The van der Waals surface area contributed by atoms with E-state index in [9.17, 15) is 9.59 Å². The number of carbonyl (C=O) groups is 2. The molecule has 2 aromatic carbocycles. The zero-order valence-electron chi connectivity index (χ0n) is 16.7. The van der Waals surface area contributed by atoms with E-state index in [1.54, 1.807) is 12.3 Å². The molecule has 0 radical (unpaired) electrons. The summed E-state index contributed by atoms with van der Waals surface area (Å²) in [6, 6.07) is 15.2. The summed E-state index contributed by atoms with van der Waals surface area (Å²) in [5.41, 5.74) is 4.34. The number of hydrogen-bond acceptors (Lipinski definition) is 5. The number of aryl methyl sites for hydroxylation is 1. The number of nitrogens with zero attached hydrogens (tertiary/aromatic N) is 2. The topological polar surface area (TPSA) is 81.2 Å². The maximum absolute atomic E-state index is 12.5. The fraction of sp³-hybridized carbons (Fsp3) is 0.217. The van der Waals surface area contributed by atoms with E-state index in [-0.39, 0.29) is 17.5 Å². The second-order valence-electron chi connectivity index (χ2n) is 6.94. The molecule has 3 rings (SSSR count). The molecular weight excluding hydrogens is 366 g/mol. The lowest BCUT2D eigenvalue weighted by Crippen LogP contribution is -2.12. The third-order valence-electron chi connectivity index (χ3n) is 4.59. The van der Waals surface area contributed by atoms with Gasteiger partial charge in [-0.15, -0.1) is 0 Å². The molecule has 0 saturated heterocycles. The van der Waals surface area contributed by atoms with Gasteiger partial charge in [0.25, 0.3) is 5.91 Å². The van der Waals surface area contributed by atoms with Gasteiger partial charge in [-0.05, 0) is 49.1 Å². The van der Waals surface area contributed by atoms with Gasteiger partial charge in [0.2, 0.25) is 0 Å². The summed E-state index contributed by atoms with van der Waals surface area (Å²) in [6.45, 7) is 4.02. The number of rotatable bonds is 6. The maximum atomic E-state index is 12.5. The summed E-state index contributed by atoms with van der Waals surface area (Å²) in [7, 11) is 1.32. The molecule has 1 atom stereocenters. The van der Waals surface area contributed by atoms with E-state index >= 15 is 0 Å². The second-order valence-corrected chi connectivity index (χ2v) is 6.94. The number of amides is 1. The van der Waals surface area contributed by atoms with Gasteiger partial charge in [0.15, 0.2) is 5.69 Å². The van der Waals surface area contributed by atoms with Gasteiger partial charge >= 0.3 is 5.97 Å². The molecule has 0 unspecified atom stereocenters. The Hall–Kier alpha value is -3.54. The molecule has 29 heavy (non-hydrogen) atoms. The molecule has 0 aliphatic carbocycles. The highest BCUT2D eigenvalue weighted by Crippen LogP contribution is 2.23. The normalized spacial score (nSPS) is 11.6. The van der Waals surface area contributed by atoms with Crippen LogP contribution in [0.15, 0.2) is 60.9 Å². The molecule has 1 aromatic heterocycles. The Morgan fingerprint density at radius 3 is 2.66 bits per heavy atom. The van der Waals surface area contributed by atoms with Crippen LogP contribution in [-0.2, 0) is 11.2 Å². The van der Waals surface area contributed by atoms with Crippen LogP contribution in [0.4, 0.5) is 5.69 Å². The number of methoxy groups -OCH3 is 1. The van der Waals surface area contributed by atoms with Crippen molar-refractivity contribution in [1.29, 1.82) is 0 Å². The molecule has 6 nitrogen and oxygen atoms in total. The lowest BCUT2D eigenvalue weighted by molar-refractivity contribution is 0.0593. The lowest BCUT2D eigenvalue weighted by atomic mass is 9.96. The highest BCUT2D eigenvalue weighted by atomic mass is 16.5. The lowest BCUT2D eigenvalue weighted by Gasteiger charge is -2.14. The molecule has 0 aliphatic heterocycles. The van der Waals surface area contributed by atoms with Crippen molar-refractivity contribution in [2.24, 2.45) is 0 Å². The highest BCUT2D eigenvalue weighted by Gasteiger charge is 2.13. The molecule has 3 aromatic rings. The first-order valence-corrected chi connectivity index (χ1v) is 9.33. The first-order valence-electron chi connectivity index (χ1n) is 9.33. The van der Waals surface area contributed by atoms with Crippen molar-refractivity contribution < 1.29 is 14.3 Å². The minimum absolute atomic E-state index is 0.119. The summed E-state index contributed by atoms with van der Waals surface area (Å²) < 4.78 is 4.70. The quantitative estimate of drug-likeness (QED) is 0.640. The molecule has 148 valence electrons. The monoisotopic (exact) mass is 389 g/mol. The molecule has 1 heterocycles. The molecule has 6 heteroatoms. The summed E-state index contributed by atoms with van der Waals surface area (Å²) in [4.78, 5) is 32.5. The van der Waals surface area contributed by atoms with Crippen LogP contribution in [-0.4, -0.2) is 29.0 Å². The summed E-state index contributed by atoms with van der Waals surface area (Å²) >= 11 is 0. The van der Waals surface area contributed by atoms with E-state index < -0.39 is 5.97 Å². The zero-order valence-corrected chi connectivity index (χ0v) is 16.7. The van der Waals surface area contributed by atoms with E-state index in [4.69, 9.17) is 4.74 Å². The first-order chi connectivity index (χ1) is 14.0. The third kappa shape index (κ3) is 5.25. The SMILES string of the molecule is COC(=O)c1cncc(C[C@@H](C)c2cccc(NC(=O)c3cccc(C)c3)c2)n1. The Morgan fingerprint density at radius 2 is 1.90 bits per heavy atom. The van der Waals surface area contributed by atoms with E-state index in [2.05, 4.69) is 22.2 Å². The minimum atomic E-state index is -0.507. The van der Waals surface area contributed by atoms with Gasteiger partial charge in [-0.3, -0.25) is 9.78 Å². The second kappa shape index (κ2) is 9.10. The molecule has 0 fully saturated rings. The average molecular weight is 389 g/mol. The maximum Gasteiger partial charge on any atom is 0.358 e. The van der Waals surface area contributed by atoms with Crippen molar-refractivity contribution in [2.75, 3.05) is 12.4 Å². The number of carbonyl (C=O) groups excluding carboxylic acids is 2. The predicted octanol–water partition coefficient (Wildman–Crippen LogP) is 4.17. The first kappa shape index (κ1) is 20.2. The molecule has 1 N–H and O–H groups in total. The van der Waals surface area contributed by atoms with Crippen molar-refractivity contribution in [2.45, 2.75) is 26.2 Å². The van der Waals surface area contributed by atoms with Crippen molar-refractivity contribution in [3.05, 3.63) is 89.0 Å². The largest absolute Gasteiger partial charge is 0.464 e. The van der Waals surface area contributed by atoms with Crippen molar-refractivity contribution >= 4 is 17.6 Å². The third-order valence-corrected chi connectivity index (χ3v) is 4.59. The van der Waals surface area contributed by atoms with Crippen LogP contribution in [0.2, 0.25) is 0 Å². The Morgan fingerprint density at radius 1 is 1.10 bits per heavy atom. The van der Waals surface area contributed by atoms with E-state index in [0.717, 1.165) is 16.8 Å². The van der Waals surface area contributed by atoms with Crippen LogP contribution in [0.1, 0.15) is 50.5 Å². The van der Waals surface area contributed by atoms with Crippen LogP contribution in [0.5, 0.6) is 0 Å². The predicted molar refractivity (Wildman–Crippen MR) is 111 cm³/mol. The van der Waals surface area contributed by atoms with Crippen molar-refractivity contribution in [3.63, 3.8) is 0 Å². The van der Waals surface area contributed by atoms with Gasteiger partial charge < -0.3 is 10.1 Å². The Bertz CT molecular complexity index is 1030. The fourth-order valence-corrected chi connectivity index (χ4v) is 3.05. The summed E-state index contributed by atoms with van der Waals surface area (Å²) in [5.74, 6) is -0.531. The number of ether oxygens (including phenoxy) is 1. The molecule has 0 bridgehead atoms. The number of nitrogens with one attached hydrogen (secondary N) is 1. The van der Waals surface area contributed by atoms with E-state index in [1.165, 1.54) is 13.3 Å². The number of esters is 1. The Labute approximate surface area is 170 Å². The van der Waals surface area contributed by atoms with Crippen molar-refractivity contribution in [3.8, 4) is 0 Å². The number of anilines is 1. The smallest absolute Gasteiger partial charge is 0.358 e. The van der Waals surface area contributed by atoms with Gasteiger partial charge in [-0.1, -0.05) is 36.8 Å². The number of benzene rings is 2. The summed E-state index contributed by atoms with van der Waals surface area (Å²) in [5, 5.41) is 2.95. The van der Waals surface area contributed by atoms with Gasteiger partial charge in [-0.2, -0.15) is 0 Å². The minimum Gasteiger partial charge on any atom is -0.464 e. The standard InChI is InChI=1S/C23H23N3O3/c1-15-6-4-8-18(10-15)22(27)26-19-9-5-7-17(12-19)16(2)11-20-13-24-14-21(25-20)23(28)29-3/h4-10,12-14,16H,11H2,1-3H3,(H,26,27)/t16-/m1/s1. The van der Waals surface area contributed by atoms with Crippen LogP contribution in [0, 0.1) is 6.92 Å². The van der Waals surface area contributed by atoms with Gasteiger partial charge in [0.05, 0.1) is 19.0 Å². The van der Waals surface area contributed by atoms with Crippen LogP contribution in [0.25, 0.3) is 0 Å². The molecule has 1 amide bonds. The highest BCUT2D eigenvalue weighted by molar-refractivity contribution is 6.04. The number of hydrogen-bond donors (Lipinski definition) is 1. The van der Waals surface area contributed by atoms with Crippen LogP contribution >= 0.6 is 0 Å². The zero-order chi connectivity index (χ0) is 20.8. The van der Waals surface area contributed by atoms with Gasteiger partial charge in [-0.25, -0.2) is 9.78 Å². The van der Waals surface area contributed by atoms with Crippen LogP contribution in [0.3, 0.4) is 0 Å². The Kier molecular flexibility index (Phi) is 6.34. The van der Waals surface area contributed by atoms with Gasteiger partial charge in [0, 0.05) is 17.4 Å². The number of aromatic nitrogens is 2. The fourth-order valence-electron chi connectivity index (χ4n) is 3.05.